The molecule has 1 aromatic heterocycles. The fourth-order valence-electron chi connectivity index (χ4n) is 4.60. The van der Waals surface area contributed by atoms with Gasteiger partial charge in [0.2, 0.25) is 5.91 Å². The van der Waals surface area contributed by atoms with Gasteiger partial charge in [-0.3, -0.25) is 4.79 Å². The van der Waals surface area contributed by atoms with Crippen LogP contribution in [-0.2, 0) is 17.9 Å². The SMILES string of the molecule is Cc1cccc(CNc2ncnc3ccc(-c4cccc(CN(C(=O)CN(C)C)C5CC5)c4)cc23)c1. The number of carbonyl (C=O) groups excluding carboxylic acids is 1. The maximum atomic E-state index is 12.8. The van der Waals surface area contributed by atoms with E-state index in [2.05, 4.69) is 82.9 Å². The predicted octanol–water partition coefficient (Wildman–Crippen LogP) is 5.27. The molecule has 0 atom stereocenters. The molecule has 184 valence electrons. The first-order valence-electron chi connectivity index (χ1n) is 12.5. The Labute approximate surface area is 213 Å². The zero-order chi connectivity index (χ0) is 25.1. The van der Waals surface area contributed by atoms with Crippen molar-refractivity contribution in [2.75, 3.05) is 26.0 Å². The van der Waals surface area contributed by atoms with E-state index in [4.69, 9.17) is 0 Å². The van der Waals surface area contributed by atoms with Gasteiger partial charge in [-0.15, -0.1) is 0 Å². The first-order valence-corrected chi connectivity index (χ1v) is 12.5. The number of aryl methyl sites for hydroxylation is 1. The summed E-state index contributed by atoms with van der Waals surface area (Å²) in [7, 11) is 3.88. The highest BCUT2D eigenvalue weighted by Crippen LogP contribution is 2.31. The fourth-order valence-corrected chi connectivity index (χ4v) is 4.60. The number of fused-ring (bicyclic) bond motifs is 1. The highest BCUT2D eigenvalue weighted by molar-refractivity contribution is 5.92. The lowest BCUT2D eigenvalue weighted by molar-refractivity contribution is -0.133. The van der Waals surface area contributed by atoms with Crippen molar-refractivity contribution >= 4 is 22.6 Å². The lowest BCUT2D eigenvalue weighted by Gasteiger charge is -2.24. The molecule has 5 rings (SSSR count). The Bertz CT molecular complexity index is 1380. The molecule has 6 nitrogen and oxygen atoms in total. The maximum absolute atomic E-state index is 12.8. The summed E-state index contributed by atoms with van der Waals surface area (Å²) in [5.41, 5.74) is 6.75. The standard InChI is InChI=1S/C30H33N5O/c1-21-6-4-7-22(14-21)17-31-30-27-16-25(10-13-28(27)32-20-33-30)24-9-5-8-23(15-24)18-35(26-11-12-26)29(36)19-34(2)3/h4-10,13-16,20,26H,11-12,17-19H2,1-3H3,(H,31,32,33). The van der Waals surface area contributed by atoms with Crippen molar-refractivity contribution < 1.29 is 4.79 Å². The van der Waals surface area contributed by atoms with Crippen molar-refractivity contribution in [1.29, 1.82) is 0 Å². The van der Waals surface area contributed by atoms with Crippen LogP contribution in [0.5, 0.6) is 0 Å². The van der Waals surface area contributed by atoms with Crippen LogP contribution in [0.15, 0.2) is 73.1 Å². The summed E-state index contributed by atoms with van der Waals surface area (Å²) in [5, 5.41) is 4.49. The molecule has 1 fully saturated rings. The Kier molecular flexibility index (Phi) is 6.96. The van der Waals surface area contributed by atoms with Crippen LogP contribution < -0.4 is 5.32 Å². The van der Waals surface area contributed by atoms with E-state index in [0.717, 1.165) is 46.3 Å². The number of nitrogens with zero attached hydrogens (tertiary/aromatic N) is 4. The first kappa shape index (κ1) is 23.9. The molecule has 0 radical (unpaired) electrons. The van der Waals surface area contributed by atoms with Gasteiger partial charge in [0, 0.05) is 24.5 Å². The molecule has 3 aromatic carbocycles. The smallest absolute Gasteiger partial charge is 0.237 e. The van der Waals surface area contributed by atoms with Crippen LogP contribution in [0.1, 0.15) is 29.5 Å². The number of rotatable bonds is 9. The second-order valence-electron chi connectivity index (χ2n) is 9.99. The Morgan fingerprint density at radius 3 is 2.50 bits per heavy atom. The monoisotopic (exact) mass is 479 g/mol. The van der Waals surface area contributed by atoms with Gasteiger partial charge in [0.05, 0.1) is 12.1 Å². The van der Waals surface area contributed by atoms with Crippen LogP contribution in [0.2, 0.25) is 0 Å². The molecule has 4 aromatic rings. The number of hydrogen-bond acceptors (Lipinski definition) is 5. The normalized spacial score (nSPS) is 13.2. The lowest BCUT2D eigenvalue weighted by atomic mass is 10.0. The number of nitrogens with one attached hydrogen (secondary N) is 1. The Balaban J connectivity index is 1.39. The molecular weight excluding hydrogens is 446 g/mol. The summed E-state index contributed by atoms with van der Waals surface area (Å²) in [6.07, 6.45) is 3.81. The third-order valence-corrected chi connectivity index (χ3v) is 6.55. The number of carbonyl (C=O) groups is 1. The van der Waals surface area contributed by atoms with Crippen LogP contribution >= 0.6 is 0 Å². The zero-order valence-electron chi connectivity index (χ0n) is 21.2. The van der Waals surface area contributed by atoms with E-state index in [1.54, 1.807) is 6.33 Å². The second kappa shape index (κ2) is 10.5. The van der Waals surface area contributed by atoms with Gasteiger partial charge < -0.3 is 15.1 Å². The summed E-state index contributed by atoms with van der Waals surface area (Å²) in [6, 6.07) is 23.7. The van der Waals surface area contributed by atoms with Crippen molar-refractivity contribution in [3.8, 4) is 11.1 Å². The van der Waals surface area contributed by atoms with Gasteiger partial charge in [0.1, 0.15) is 12.1 Å². The van der Waals surface area contributed by atoms with E-state index in [1.807, 2.05) is 30.0 Å². The van der Waals surface area contributed by atoms with Crippen LogP contribution in [0, 0.1) is 6.92 Å². The van der Waals surface area contributed by atoms with E-state index in [1.165, 1.54) is 11.1 Å². The number of hydrogen-bond donors (Lipinski definition) is 1. The van der Waals surface area contributed by atoms with Gasteiger partial charge in [-0.1, -0.05) is 54.1 Å². The third kappa shape index (κ3) is 5.71. The highest BCUT2D eigenvalue weighted by atomic mass is 16.2. The van der Waals surface area contributed by atoms with Gasteiger partial charge in [0.15, 0.2) is 0 Å². The maximum Gasteiger partial charge on any atom is 0.237 e. The van der Waals surface area contributed by atoms with Gasteiger partial charge in [-0.2, -0.15) is 0 Å². The first-order chi connectivity index (χ1) is 17.5. The predicted molar refractivity (Wildman–Crippen MR) is 146 cm³/mol. The Morgan fingerprint density at radius 1 is 0.944 bits per heavy atom. The van der Waals surface area contributed by atoms with Crippen molar-refractivity contribution in [3.63, 3.8) is 0 Å². The van der Waals surface area contributed by atoms with Crippen molar-refractivity contribution in [2.24, 2.45) is 0 Å². The van der Waals surface area contributed by atoms with Gasteiger partial charge in [-0.05, 0) is 74.3 Å². The van der Waals surface area contributed by atoms with Crippen LogP contribution in [0.4, 0.5) is 5.82 Å². The van der Waals surface area contributed by atoms with E-state index in [-0.39, 0.29) is 5.91 Å². The number of benzene rings is 3. The van der Waals surface area contributed by atoms with Crippen LogP contribution in [-0.4, -0.2) is 52.4 Å². The minimum absolute atomic E-state index is 0.195. The molecule has 1 aliphatic carbocycles. The number of amides is 1. The largest absolute Gasteiger partial charge is 0.365 e. The van der Waals surface area contributed by atoms with Crippen molar-refractivity contribution in [3.05, 3.63) is 89.7 Å². The molecule has 0 spiro atoms. The summed E-state index contributed by atoms with van der Waals surface area (Å²) in [5.74, 6) is 1.02. The summed E-state index contributed by atoms with van der Waals surface area (Å²) in [6.45, 7) is 3.89. The summed E-state index contributed by atoms with van der Waals surface area (Å²) < 4.78 is 0. The molecular formula is C30H33N5O. The number of aromatic nitrogens is 2. The summed E-state index contributed by atoms with van der Waals surface area (Å²) >= 11 is 0. The molecule has 0 bridgehead atoms. The zero-order valence-corrected chi connectivity index (χ0v) is 21.2. The molecule has 0 saturated heterocycles. The average Bonchev–Trinajstić information content (AvgIpc) is 3.71. The molecule has 0 aliphatic heterocycles. The van der Waals surface area contributed by atoms with Crippen molar-refractivity contribution in [2.45, 2.75) is 38.9 Å². The van der Waals surface area contributed by atoms with Gasteiger partial charge in [0.25, 0.3) is 0 Å². The van der Waals surface area contributed by atoms with Gasteiger partial charge >= 0.3 is 0 Å². The molecule has 36 heavy (non-hydrogen) atoms. The van der Waals surface area contributed by atoms with E-state index >= 15 is 0 Å². The Hall–Kier alpha value is -3.77. The van der Waals surface area contributed by atoms with Gasteiger partial charge in [-0.25, -0.2) is 9.97 Å². The molecule has 1 N–H and O–H groups in total. The molecule has 6 heteroatoms. The molecule has 1 heterocycles. The summed E-state index contributed by atoms with van der Waals surface area (Å²) in [4.78, 5) is 25.8. The van der Waals surface area contributed by atoms with Crippen molar-refractivity contribution in [1.82, 2.24) is 19.8 Å². The Morgan fingerprint density at radius 2 is 1.72 bits per heavy atom. The fraction of sp³-hybridized carbons (Fsp3) is 0.300. The molecule has 0 unspecified atom stereocenters. The molecule has 1 amide bonds. The molecule has 1 saturated carbocycles. The molecule has 1 aliphatic rings. The second-order valence-corrected chi connectivity index (χ2v) is 9.99. The lowest BCUT2D eigenvalue weighted by Crippen LogP contribution is -2.38. The van der Waals surface area contributed by atoms with E-state index in [0.29, 0.717) is 25.7 Å². The quantitative estimate of drug-likeness (QED) is 0.354. The van der Waals surface area contributed by atoms with Crippen LogP contribution in [0.25, 0.3) is 22.0 Å². The van der Waals surface area contributed by atoms with Crippen LogP contribution in [0.3, 0.4) is 0 Å². The minimum Gasteiger partial charge on any atom is -0.365 e. The van der Waals surface area contributed by atoms with E-state index < -0.39 is 0 Å². The topological polar surface area (TPSA) is 61.4 Å². The highest BCUT2D eigenvalue weighted by Gasteiger charge is 2.32. The van der Waals surface area contributed by atoms with E-state index in [9.17, 15) is 4.79 Å². The number of anilines is 1. The minimum atomic E-state index is 0.195. The third-order valence-electron chi connectivity index (χ3n) is 6.55. The average molecular weight is 480 g/mol. The number of likely N-dealkylation sites (N-methyl/N-ethyl adjacent to an activating group) is 1.